The molecule has 1 heterocycles. The second-order valence-electron chi connectivity index (χ2n) is 12.6. The van der Waals surface area contributed by atoms with Gasteiger partial charge in [0.05, 0.1) is 5.41 Å². The summed E-state index contributed by atoms with van der Waals surface area (Å²) in [6.07, 6.45) is 6.85. The first-order valence-corrected chi connectivity index (χ1v) is 17.7. The molecule has 3 aliphatic rings. The smallest absolute Gasteiger partial charge is 0.171 e. The van der Waals surface area contributed by atoms with E-state index >= 15 is 4.57 Å². The van der Waals surface area contributed by atoms with Gasteiger partial charge in [-0.25, -0.2) is 0 Å². The van der Waals surface area contributed by atoms with E-state index in [-0.39, 0.29) is 0 Å². The van der Waals surface area contributed by atoms with Gasteiger partial charge in [-0.2, -0.15) is 0 Å². The molecule has 2 nitrogen and oxygen atoms in total. The van der Waals surface area contributed by atoms with Gasteiger partial charge in [-0.3, -0.25) is 0 Å². The fourth-order valence-electron chi connectivity index (χ4n) is 8.64. The molecule has 10 rings (SSSR count). The van der Waals surface area contributed by atoms with Crippen LogP contribution in [0.25, 0.3) is 38.6 Å². The fraction of sp³-hybridized carbons (Fsp3) is 0.0698. The molecule has 0 amide bonds. The maximum absolute atomic E-state index is 16.0. The molecule has 0 radical (unpaired) electrons. The lowest BCUT2D eigenvalue weighted by atomic mass is 9.69. The summed E-state index contributed by atoms with van der Waals surface area (Å²) < 4.78 is 22.7. The fourth-order valence-corrected chi connectivity index (χ4v) is 11.5. The third-order valence-electron chi connectivity index (χ3n) is 10.4. The van der Waals surface area contributed by atoms with Crippen molar-refractivity contribution in [3.63, 3.8) is 0 Å². The molecule has 1 aromatic heterocycles. The van der Waals surface area contributed by atoms with Crippen LogP contribution in [0.2, 0.25) is 0 Å². The molecule has 0 saturated heterocycles. The lowest BCUT2D eigenvalue weighted by molar-refractivity contribution is 0.592. The Hall–Kier alpha value is -5.17. The molecular weight excluding hydrogens is 579 g/mol. The number of rotatable bonds is 3. The summed E-state index contributed by atoms with van der Waals surface area (Å²) in [4.78, 5) is 0. The van der Waals surface area contributed by atoms with Crippen LogP contribution in [0.15, 0.2) is 162 Å². The van der Waals surface area contributed by atoms with E-state index in [2.05, 4.69) is 84.9 Å². The minimum absolute atomic E-state index is 0.533. The zero-order valence-corrected chi connectivity index (χ0v) is 26.0. The topological polar surface area (TPSA) is 30.2 Å². The Labute approximate surface area is 267 Å². The molecule has 0 N–H and O–H groups in total. The normalized spacial score (nSPS) is 17.8. The summed E-state index contributed by atoms with van der Waals surface area (Å²) in [5, 5.41) is 4.88. The van der Waals surface area contributed by atoms with Crippen LogP contribution in [0.4, 0.5) is 0 Å². The first-order valence-electron chi connectivity index (χ1n) is 16.0. The molecule has 0 fully saturated rings. The maximum atomic E-state index is 16.0. The standard InChI is InChI=1S/C43H29O2P/c44-46(28-14-3-1-4-15-28,29-16-5-2-6-17-29)39-25-13-23-36-40(39)32-19-7-10-21-34(32)43(36)35-22-11-8-20-33(35)41-37(43)27-26-31-30-18-9-12-24-38(30)45-42(31)41/h1-7,9-10,12-27H,8,11H2. The molecule has 1 atom stereocenters. The van der Waals surface area contributed by atoms with Gasteiger partial charge in [-0.1, -0.05) is 146 Å². The molecule has 3 aliphatic carbocycles. The molecule has 6 aromatic carbocycles. The summed E-state index contributed by atoms with van der Waals surface area (Å²) in [6.45, 7) is 0. The van der Waals surface area contributed by atoms with Crippen LogP contribution in [0, 0.1) is 0 Å². The highest BCUT2D eigenvalue weighted by Gasteiger charge is 2.55. The molecule has 0 bridgehead atoms. The van der Waals surface area contributed by atoms with E-state index in [9.17, 15) is 0 Å². The van der Waals surface area contributed by atoms with Gasteiger partial charge in [0, 0.05) is 32.2 Å². The van der Waals surface area contributed by atoms with Gasteiger partial charge in [-0.15, -0.1) is 0 Å². The number of allylic oxidation sites excluding steroid dienone is 4. The second-order valence-corrected chi connectivity index (χ2v) is 15.3. The molecule has 0 saturated carbocycles. The SMILES string of the molecule is O=P(c1ccccc1)(c1ccccc1)c1cccc2c1-c1ccccc1C21C2=CCCC=C2c2c1ccc1c2oc2ccccc21. The minimum Gasteiger partial charge on any atom is -0.455 e. The third-order valence-corrected chi connectivity index (χ3v) is 13.5. The van der Waals surface area contributed by atoms with E-state index in [0.717, 1.165) is 61.8 Å². The molecule has 46 heavy (non-hydrogen) atoms. The average Bonchev–Trinajstić information content (AvgIpc) is 3.76. The van der Waals surface area contributed by atoms with Crippen molar-refractivity contribution in [2.24, 2.45) is 0 Å². The highest BCUT2D eigenvalue weighted by Crippen LogP contribution is 2.66. The van der Waals surface area contributed by atoms with Crippen LogP contribution < -0.4 is 15.9 Å². The Kier molecular flexibility index (Phi) is 5.34. The summed E-state index contributed by atoms with van der Waals surface area (Å²) in [5.74, 6) is 0. The third kappa shape index (κ3) is 3.15. The molecule has 7 aromatic rings. The van der Waals surface area contributed by atoms with Gasteiger partial charge in [0.2, 0.25) is 0 Å². The van der Waals surface area contributed by atoms with Crippen LogP contribution in [0.5, 0.6) is 0 Å². The minimum atomic E-state index is -3.26. The first-order chi connectivity index (χ1) is 22.7. The number of hydrogen-bond acceptors (Lipinski definition) is 2. The molecule has 1 unspecified atom stereocenters. The van der Waals surface area contributed by atoms with Crippen molar-refractivity contribution in [1.82, 2.24) is 0 Å². The summed E-state index contributed by atoms with van der Waals surface area (Å²) in [5.41, 5.74) is 11.1. The van der Waals surface area contributed by atoms with E-state index in [4.69, 9.17) is 4.42 Å². The van der Waals surface area contributed by atoms with Crippen molar-refractivity contribution in [2.75, 3.05) is 0 Å². The van der Waals surface area contributed by atoms with E-state index in [0.29, 0.717) is 0 Å². The molecule has 218 valence electrons. The number of benzene rings is 6. The molecular formula is C43H29O2P. The predicted molar refractivity (Wildman–Crippen MR) is 190 cm³/mol. The van der Waals surface area contributed by atoms with Gasteiger partial charge in [0.1, 0.15) is 11.2 Å². The van der Waals surface area contributed by atoms with Crippen LogP contribution in [-0.4, -0.2) is 0 Å². The van der Waals surface area contributed by atoms with Crippen molar-refractivity contribution in [3.05, 3.63) is 180 Å². The van der Waals surface area contributed by atoms with Gasteiger partial charge in [0.25, 0.3) is 0 Å². The van der Waals surface area contributed by atoms with E-state index in [1.807, 2.05) is 66.7 Å². The molecule has 0 aliphatic heterocycles. The van der Waals surface area contributed by atoms with Crippen LogP contribution in [0.3, 0.4) is 0 Å². The van der Waals surface area contributed by atoms with Crippen molar-refractivity contribution in [2.45, 2.75) is 18.3 Å². The zero-order valence-electron chi connectivity index (χ0n) is 25.1. The Morgan fingerprint density at radius 3 is 2.00 bits per heavy atom. The monoisotopic (exact) mass is 608 g/mol. The van der Waals surface area contributed by atoms with Gasteiger partial charge < -0.3 is 8.98 Å². The van der Waals surface area contributed by atoms with E-state index < -0.39 is 12.6 Å². The molecule has 1 spiro atoms. The Morgan fingerprint density at radius 2 is 1.20 bits per heavy atom. The Morgan fingerprint density at radius 1 is 0.543 bits per heavy atom. The van der Waals surface area contributed by atoms with Gasteiger partial charge in [0.15, 0.2) is 7.14 Å². The number of furan rings is 1. The van der Waals surface area contributed by atoms with Crippen molar-refractivity contribution < 1.29 is 8.98 Å². The van der Waals surface area contributed by atoms with E-state index in [1.165, 1.54) is 33.4 Å². The molecule has 3 heteroatoms. The van der Waals surface area contributed by atoms with Crippen molar-refractivity contribution in [1.29, 1.82) is 0 Å². The number of para-hydroxylation sites is 1. The summed E-state index contributed by atoms with van der Waals surface area (Å²) in [6, 6.07) is 48.4. The van der Waals surface area contributed by atoms with Crippen LogP contribution in [-0.2, 0) is 9.98 Å². The Balaban J connectivity index is 1.35. The maximum Gasteiger partial charge on any atom is 0.171 e. The predicted octanol–water partition coefficient (Wildman–Crippen LogP) is 9.66. The highest BCUT2D eigenvalue weighted by molar-refractivity contribution is 7.85. The second kappa shape index (κ2) is 9.42. The highest BCUT2D eigenvalue weighted by atomic mass is 31.2. The van der Waals surface area contributed by atoms with Crippen molar-refractivity contribution in [3.8, 4) is 11.1 Å². The zero-order chi connectivity index (χ0) is 30.5. The quantitative estimate of drug-likeness (QED) is 0.187. The number of fused-ring (bicyclic) bond motifs is 14. The lowest BCUT2D eigenvalue weighted by Gasteiger charge is -2.32. The van der Waals surface area contributed by atoms with Gasteiger partial charge >= 0.3 is 0 Å². The van der Waals surface area contributed by atoms with Crippen molar-refractivity contribution >= 4 is 50.6 Å². The van der Waals surface area contributed by atoms with Gasteiger partial charge in [-0.05, 0) is 57.9 Å². The van der Waals surface area contributed by atoms with E-state index in [1.54, 1.807) is 0 Å². The average molecular weight is 609 g/mol. The first kappa shape index (κ1) is 26.1. The summed E-state index contributed by atoms with van der Waals surface area (Å²) in [7, 11) is -3.26. The van der Waals surface area contributed by atoms with Crippen LogP contribution >= 0.6 is 7.14 Å². The Bertz CT molecular complexity index is 2460. The summed E-state index contributed by atoms with van der Waals surface area (Å²) >= 11 is 0. The number of hydrogen-bond donors (Lipinski definition) is 0. The largest absolute Gasteiger partial charge is 0.455 e. The van der Waals surface area contributed by atoms with Crippen LogP contribution in [0.1, 0.15) is 35.1 Å². The lowest BCUT2D eigenvalue weighted by Crippen LogP contribution is -2.29.